The van der Waals surface area contributed by atoms with Crippen molar-refractivity contribution >= 4 is 17.7 Å². The van der Waals surface area contributed by atoms with Crippen molar-refractivity contribution in [2.24, 2.45) is 0 Å². The Morgan fingerprint density at radius 2 is 2.12 bits per heavy atom. The van der Waals surface area contributed by atoms with Crippen LogP contribution in [0.15, 0.2) is 0 Å². The van der Waals surface area contributed by atoms with E-state index in [0.29, 0.717) is 4.75 Å². The lowest BCUT2D eigenvalue weighted by atomic mass is 10.1. The van der Waals surface area contributed by atoms with Gasteiger partial charge in [0.1, 0.15) is 0 Å². The van der Waals surface area contributed by atoms with Crippen molar-refractivity contribution in [3.8, 4) is 0 Å². The summed E-state index contributed by atoms with van der Waals surface area (Å²) in [6, 6.07) is 0.0436. The maximum atomic E-state index is 11.8. The van der Waals surface area contributed by atoms with Crippen molar-refractivity contribution in [1.82, 2.24) is 10.6 Å². The zero-order valence-electron chi connectivity index (χ0n) is 10.8. The molecule has 2 N–H and O–H groups in total. The minimum Gasteiger partial charge on any atom is -0.355 e. The van der Waals surface area contributed by atoms with Crippen molar-refractivity contribution in [1.29, 1.82) is 0 Å². The van der Waals surface area contributed by atoms with Gasteiger partial charge >= 0.3 is 0 Å². The van der Waals surface area contributed by atoms with Crippen LogP contribution in [0.2, 0.25) is 0 Å². The molecule has 2 fully saturated rings. The third-order valence-electron chi connectivity index (χ3n) is 4.15. The van der Waals surface area contributed by atoms with E-state index >= 15 is 0 Å². The van der Waals surface area contributed by atoms with Gasteiger partial charge in [0.2, 0.25) is 5.91 Å². The standard InChI is InChI=1S/C13H24N2OS/c1-17-13(7-3-4-8-13)10-15-11-6-2-5-9-14-12(11)16/h11,15H,2-10H2,1H3,(H,14,16). The van der Waals surface area contributed by atoms with Gasteiger partial charge in [-0.3, -0.25) is 4.79 Å². The fourth-order valence-electron chi connectivity index (χ4n) is 2.92. The molecule has 1 atom stereocenters. The van der Waals surface area contributed by atoms with Gasteiger partial charge in [-0.15, -0.1) is 0 Å². The molecule has 4 heteroatoms. The smallest absolute Gasteiger partial charge is 0.237 e. The van der Waals surface area contributed by atoms with E-state index in [9.17, 15) is 4.79 Å². The van der Waals surface area contributed by atoms with E-state index in [1.807, 2.05) is 11.8 Å². The van der Waals surface area contributed by atoms with Crippen molar-refractivity contribution in [3.63, 3.8) is 0 Å². The zero-order chi connectivity index (χ0) is 12.1. The molecule has 1 unspecified atom stereocenters. The normalized spacial score (nSPS) is 28.8. The van der Waals surface area contributed by atoms with E-state index in [-0.39, 0.29) is 11.9 Å². The summed E-state index contributed by atoms with van der Waals surface area (Å²) in [7, 11) is 0. The number of hydrogen-bond donors (Lipinski definition) is 2. The van der Waals surface area contributed by atoms with E-state index in [1.165, 1.54) is 25.7 Å². The van der Waals surface area contributed by atoms with Gasteiger partial charge in [-0.2, -0.15) is 11.8 Å². The molecule has 0 aromatic heterocycles. The van der Waals surface area contributed by atoms with Crippen molar-refractivity contribution < 1.29 is 4.79 Å². The summed E-state index contributed by atoms with van der Waals surface area (Å²) in [6.45, 7) is 1.84. The van der Waals surface area contributed by atoms with Gasteiger partial charge in [0, 0.05) is 17.8 Å². The summed E-state index contributed by atoms with van der Waals surface area (Å²) in [5.41, 5.74) is 0. The number of nitrogens with one attached hydrogen (secondary N) is 2. The number of carbonyl (C=O) groups excluding carboxylic acids is 1. The van der Waals surface area contributed by atoms with Gasteiger partial charge in [-0.05, 0) is 38.4 Å². The minimum atomic E-state index is 0.0436. The number of hydrogen-bond acceptors (Lipinski definition) is 3. The van der Waals surface area contributed by atoms with Gasteiger partial charge in [0.05, 0.1) is 6.04 Å². The molecule has 0 radical (unpaired) electrons. The van der Waals surface area contributed by atoms with Crippen molar-refractivity contribution in [2.45, 2.75) is 55.7 Å². The van der Waals surface area contributed by atoms with Crippen LogP contribution in [-0.4, -0.2) is 36.0 Å². The molecule has 1 aliphatic heterocycles. The van der Waals surface area contributed by atoms with Crippen LogP contribution in [0.1, 0.15) is 44.9 Å². The summed E-state index contributed by atoms with van der Waals surface area (Å²) in [6.07, 6.45) is 10.8. The summed E-state index contributed by atoms with van der Waals surface area (Å²) in [5.74, 6) is 0.205. The topological polar surface area (TPSA) is 41.1 Å². The molecule has 17 heavy (non-hydrogen) atoms. The maximum Gasteiger partial charge on any atom is 0.237 e. The Kier molecular flexibility index (Phi) is 4.74. The monoisotopic (exact) mass is 256 g/mol. The quantitative estimate of drug-likeness (QED) is 0.807. The van der Waals surface area contributed by atoms with Gasteiger partial charge in [0.25, 0.3) is 0 Å². The summed E-state index contributed by atoms with van der Waals surface area (Å²) >= 11 is 1.98. The van der Waals surface area contributed by atoms with Crippen molar-refractivity contribution in [3.05, 3.63) is 0 Å². The lowest BCUT2D eigenvalue weighted by Crippen LogP contribution is -2.47. The second-order valence-electron chi connectivity index (χ2n) is 5.31. The fourth-order valence-corrected chi connectivity index (χ4v) is 3.84. The Balaban J connectivity index is 1.85. The van der Waals surface area contributed by atoms with Gasteiger partial charge in [0.15, 0.2) is 0 Å². The Morgan fingerprint density at radius 3 is 2.82 bits per heavy atom. The molecular weight excluding hydrogens is 232 g/mol. The molecule has 3 nitrogen and oxygen atoms in total. The molecule has 1 saturated carbocycles. The molecule has 1 aliphatic carbocycles. The average molecular weight is 256 g/mol. The molecule has 0 spiro atoms. The van der Waals surface area contributed by atoms with Gasteiger partial charge < -0.3 is 10.6 Å². The second kappa shape index (κ2) is 6.10. The SMILES string of the molecule is CSC1(CNC2CCCCNC2=O)CCCC1. The first-order valence-electron chi connectivity index (χ1n) is 6.82. The molecule has 1 heterocycles. The van der Waals surface area contributed by atoms with Crippen LogP contribution in [-0.2, 0) is 4.79 Å². The molecule has 1 saturated heterocycles. The number of thioether (sulfide) groups is 1. The van der Waals surface area contributed by atoms with Crippen LogP contribution < -0.4 is 10.6 Å². The van der Waals surface area contributed by atoms with Crippen molar-refractivity contribution in [2.75, 3.05) is 19.3 Å². The molecule has 0 aromatic carbocycles. The predicted octanol–water partition coefficient (Wildman–Crippen LogP) is 1.92. The first kappa shape index (κ1) is 13.2. The third-order valence-corrected chi connectivity index (χ3v) is 5.57. The number of rotatable bonds is 4. The van der Waals surface area contributed by atoms with E-state index < -0.39 is 0 Å². The summed E-state index contributed by atoms with van der Waals surface area (Å²) in [5, 5.41) is 6.50. The van der Waals surface area contributed by atoms with Crippen LogP contribution in [0.25, 0.3) is 0 Å². The molecule has 2 rings (SSSR count). The Morgan fingerprint density at radius 1 is 1.35 bits per heavy atom. The average Bonchev–Trinajstić information content (AvgIpc) is 2.72. The van der Waals surface area contributed by atoms with Gasteiger partial charge in [-0.1, -0.05) is 12.8 Å². The van der Waals surface area contributed by atoms with Crippen LogP contribution in [0.4, 0.5) is 0 Å². The predicted molar refractivity (Wildman–Crippen MR) is 73.4 cm³/mol. The number of amides is 1. The molecule has 0 bridgehead atoms. The highest BCUT2D eigenvalue weighted by Gasteiger charge is 2.34. The highest BCUT2D eigenvalue weighted by Crippen LogP contribution is 2.39. The Hall–Kier alpha value is -0.220. The molecule has 0 aromatic rings. The highest BCUT2D eigenvalue weighted by atomic mass is 32.2. The van der Waals surface area contributed by atoms with Crippen LogP contribution >= 0.6 is 11.8 Å². The van der Waals surface area contributed by atoms with Crippen LogP contribution in [0.5, 0.6) is 0 Å². The molecule has 98 valence electrons. The summed E-state index contributed by atoms with van der Waals surface area (Å²) < 4.78 is 0.395. The molecule has 1 amide bonds. The molecular formula is C13H24N2OS. The third kappa shape index (κ3) is 3.38. The van der Waals surface area contributed by atoms with E-state index in [1.54, 1.807) is 0 Å². The first-order chi connectivity index (χ1) is 8.26. The second-order valence-corrected chi connectivity index (χ2v) is 6.59. The van der Waals surface area contributed by atoms with E-state index in [2.05, 4.69) is 16.9 Å². The lowest BCUT2D eigenvalue weighted by molar-refractivity contribution is -0.122. The number of carbonyl (C=O) groups is 1. The van der Waals surface area contributed by atoms with Crippen LogP contribution in [0, 0.1) is 0 Å². The fraction of sp³-hybridized carbons (Fsp3) is 0.923. The minimum absolute atomic E-state index is 0.0436. The lowest BCUT2D eigenvalue weighted by Gasteiger charge is -2.29. The zero-order valence-corrected chi connectivity index (χ0v) is 11.6. The molecule has 2 aliphatic rings. The largest absolute Gasteiger partial charge is 0.355 e. The Labute approximate surface area is 108 Å². The van der Waals surface area contributed by atoms with Gasteiger partial charge in [-0.25, -0.2) is 0 Å². The van der Waals surface area contributed by atoms with E-state index in [0.717, 1.165) is 32.4 Å². The van der Waals surface area contributed by atoms with Crippen LogP contribution in [0.3, 0.4) is 0 Å². The summed E-state index contributed by atoms with van der Waals surface area (Å²) in [4.78, 5) is 11.8. The highest BCUT2D eigenvalue weighted by molar-refractivity contribution is 8.00. The maximum absolute atomic E-state index is 11.8. The Bertz CT molecular complexity index is 264. The van der Waals surface area contributed by atoms with E-state index in [4.69, 9.17) is 0 Å². The first-order valence-corrected chi connectivity index (χ1v) is 8.04.